The van der Waals surface area contributed by atoms with Crippen molar-refractivity contribution >= 4 is 23.2 Å². The van der Waals surface area contributed by atoms with Crippen LogP contribution in [0.1, 0.15) is 18.2 Å². The fourth-order valence-electron chi connectivity index (χ4n) is 3.11. The third-order valence-corrected chi connectivity index (χ3v) is 4.92. The number of rotatable bonds is 5. The average molecular weight is 406 g/mol. The van der Waals surface area contributed by atoms with Crippen molar-refractivity contribution in [1.29, 1.82) is 0 Å². The van der Waals surface area contributed by atoms with E-state index in [9.17, 15) is 22.8 Å². The maximum Gasteiger partial charge on any atom is 0.416 e. The molecule has 0 radical (unpaired) electrons. The highest BCUT2D eigenvalue weighted by molar-refractivity contribution is 6.11. The summed E-state index contributed by atoms with van der Waals surface area (Å²) in [5, 5.41) is 2.42. The summed E-state index contributed by atoms with van der Waals surface area (Å²) >= 11 is 0. The monoisotopic (exact) mass is 406 g/mol. The number of hydrogen-bond acceptors (Lipinski definition) is 4. The van der Waals surface area contributed by atoms with Gasteiger partial charge in [-0.2, -0.15) is 13.2 Å². The summed E-state index contributed by atoms with van der Waals surface area (Å²) in [5.74, 6) is -0.891. The zero-order chi connectivity index (χ0) is 21.2. The minimum Gasteiger partial charge on any atom is -0.323 e. The molecule has 0 saturated carbocycles. The molecule has 1 aliphatic rings. The average Bonchev–Trinajstić information content (AvgIpc) is 2.69. The van der Waals surface area contributed by atoms with Crippen molar-refractivity contribution in [1.82, 2.24) is 9.88 Å². The number of amides is 2. The minimum absolute atomic E-state index is 0.0206. The topological polar surface area (TPSA) is 65.5 Å². The van der Waals surface area contributed by atoms with Crippen LogP contribution in [0.4, 0.5) is 24.5 Å². The lowest BCUT2D eigenvalue weighted by atomic mass is 10.1. The van der Waals surface area contributed by atoms with E-state index in [0.29, 0.717) is 13.0 Å². The van der Waals surface area contributed by atoms with Gasteiger partial charge in [-0.25, -0.2) is 0 Å². The van der Waals surface area contributed by atoms with E-state index in [-0.39, 0.29) is 23.8 Å². The predicted octanol–water partition coefficient (Wildman–Crippen LogP) is 2.95. The number of aromatic nitrogens is 1. The SMILES string of the molecule is CC(C(=O)N1CC(=O)Nc2cc(C(F)(F)F)ccc21)N(C)CCc1ccccn1. The first-order valence-electron chi connectivity index (χ1n) is 9.09. The lowest BCUT2D eigenvalue weighted by Gasteiger charge is -2.34. The highest BCUT2D eigenvalue weighted by Crippen LogP contribution is 2.37. The molecule has 6 nitrogen and oxygen atoms in total. The number of carbonyl (C=O) groups excluding carboxylic acids is 2. The maximum absolute atomic E-state index is 13.0. The number of hydrogen-bond donors (Lipinski definition) is 1. The molecular formula is C20H21F3N4O2. The third-order valence-electron chi connectivity index (χ3n) is 4.92. The van der Waals surface area contributed by atoms with E-state index in [1.807, 2.05) is 23.1 Å². The summed E-state index contributed by atoms with van der Waals surface area (Å²) in [6.07, 6.45) is -2.20. The van der Waals surface area contributed by atoms with Crippen molar-refractivity contribution in [2.75, 3.05) is 30.4 Å². The minimum atomic E-state index is -4.54. The van der Waals surface area contributed by atoms with E-state index >= 15 is 0 Å². The van der Waals surface area contributed by atoms with Crippen LogP contribution < -0.4 is 10.2 Å². The first-order valence-corrected chi connectivity index (χ1v) is 9.09. The molecule has 1 aromatic carbocycles. The number of nitrogens with zero attached hydrogens (tertiary/aromatic N) is 3. The Morgan fingerprint density at radius 2 is 2.07 bits per heavy atom. The van der Waals surface area contributed by atoms with Crippen LogP contribution in [0.2, 0.25) is 0 Å². The largest absolute Gasteiger partial charge is 0.416 e. The first-order chi connectivity index (χ1) is 13.7. The van der Waals surface area contributed by atoms with Gasteiger partial charge >= 0.3 is 6.18 Å². The molecular weight excluding hydrogens is 385 g/mol. The predicted molar refractivity (Wildman–Crippen MR) is 102 cm³/mol. The van der Waals surface area contributed by atoms with Gasteiger partial charge < -0.3 is 5.32 Å². The van der Waals surface area contributed by atoms with Crippen LogP contribution in [0.3, 0.4) is 0 Å². The molecule has 2 heterocycles. The molecule has 2 aromatic rings. The molecule has 0 spiro atoms. The summed E-state index contributed by atoms with van der Waals surface area (Å²) in [5.41, 5.74) is 0.244. The zero-order valence-corrected chi connectivity index (χ0v) is 16.0. The van der Waals surface area contributed by atoms with Gasteiger partial charge in [0.25, 0.3) is 0 Å². The van der Waals surface area contributed by atoms with Gasteiger partial charge in [-0.15, -0.1) is 0 Å². The normalized spacial score (nSPS) is 15.1. The molecule has 0 aliphatic carbocycles. The number of anilines is 2. The van der Waals surface area contributed by atoms with Crippen molar-refractivity contribution < 1.29 is 22.8 Å². The number of benzene rings is 1. The molecule has 0 saturated heterocycles. The summed E-state index contributed by atoms with van der Waals surface area (Å²) < 4.78 is 38.9. The molecule has 1 unspecified atom stereocenters. The molecule has 3 rings (SSSR count). The van der Waals surface area contributed by atoms with E-state index < -0.39 is 23.7 Å². The second-order valence-corrected chi connectivity index (χ2v) is 6.93. The number of nitrogens with one attached hydrogen (secondary N) is 1. The quantitative estimate of drug-likeness (QED) is 0.829. The molecule has 1 atom stereocenters. The van der Waals surface area contributed by atoms with Crippen LogP contribution in [-0.2, 0) is 22.2 Å². The van der Waals surface area contributed by atoms with E-state index in [1.54, 1.807) is 20.2 Å². The lowest BCUT2D eigenvalue weighted by Crippen LogP contribution is -2.50. The zero-order valence-electron chi connectivity index (χ0n) is 16.0. The van der Waals surface area contributed by atoms with Gasteiger partial charge in [0.2, 0.25) is 11.8 Å². The Morgan fingerprint density at radius 3 is 2.72 bits per heavy atom. The van der Waals surface area contributed by atoms with E-state index in [0.717, 1.165) is 17.8 Å². The summed E-state index contributed by atoms with van der Waals surface area (Å²) in [6.45, 7) is 2.02. The smallest absolute Gasteiger partial charge is 0.323 e. The summed E-state index contributed by atoms with van der Waals surface area (Å²) in [4.78, 5) is 32.3. The van der Waals surface area contributed by atoms with Crippen LogP contribution in [0.5, 0.6) is 0 Å². The number of carbonyl (C=O) groups is 2. The Hall–Kier alpha value is -2.94. The van der Waals surface area contributed by atoms with Crippen molar-refractivity contribution in [2.45, 2.75) is 25.6 Å². The Balaban J connectivity index is 1.75. The van der Waals surface area contributed by atoms with Crippen molar-refractivity contribution in [3.63, 3.8) is 0 Å². The van der Waals surface area contributed by atoms with Gasteiger partial charge in [-0.3, -0.25) is 24.4 Å². The van der Waals surface area contributed by atoms with Crippen LogP contribution in [0.25, 0.3) is 0 Å². The van der Waals surface area contributed by atoms with Gasteiger partial charge in [0.1, 0.15) is 6.54 Å². The number of likely N-dealkylation sites (N-methyl/N-ethyl adjacent to an activating group) is 1. The number of pyridine rings is 1. The number of alkyl halides is 3. The van der Waals surface area contributed by atoms with E-state index in [1.165, 1.54) is 11.0 Å². The second kappa shape index (κ2) is 8.20. The number of halogens is 3. The highest BCUT2D eigenvalue weighted by Gasteiger charge is 2.35. The Kier molecular flexibility index (Phi) is 5.88. The molecule has 0 fully saturated rings. The Morgan fingerprint density at radius 1 is 1.31 bits per heavy atom. The van der Waals surface area contributed by atoms with E-state index in [4.69, 9.17) is 0 Å². The van der Waals surface area contributed by atoms with Crippen molar-refractivity contribution in [3.8, 4) is 0 Å². The Labute approximate surface area is 166 Å². The van der Waals surface area contributed by atoms with Gasteiger partial charge in [-0.1, -0.05) is 6.07 Å². The van der Waals surface area contributed by atoms with Crippen molar-refractivity contribution in [2.24, 2.45) is 0 Å². The second-order valence-electron chi connectivity index (χ2n) is 6.93. The van der Waals surface area contributed by atoms with Gasteiger partial charge in [0.05, 0.1) is 23.0 Å². The molecule has 1 aromatic heterocycles. The fourth-order valence-corrected chi connectivity index (χ4v) is 3.11. The molecule has 1 aliphatic heterocycles. The standard InChI is InChI=1S/C20H21F3N4O2/c1-13(26(2)10-8-15-5-3-4-9-24-15)19(29)27-12-18(28)25-16-11-14(20(21,22)23)6-7-17(16)27/h3-7,9,11,13H,8,10,12H2,1-2H3,(H,25,28). The van der Waals surface area contributed by atoms with Gasteiger partial charge in [0.15, 0.2) is 0 Å². The molecule has 0 bridgehead atoms. The highest BCUT2D eigenvalue weighted by atomic mass is 19.4. The molecule has 154 valence electrons. The molecule has 9 heteroatoms. The number of fused-ring (bicyclic) bond motifs is 1. The molecule has 2 amide bonds. The van der Waals surface area contributed by atoms with Crippen LogP contribution >= 0.6 is 0 Å². The van der Waals surface area contributed by atoms with Gasteiger partial charge in [0, 0.05) is 24.9 Å². The first kappa shape index (κ1) is 20.8. The molecule has 29 heavy (non-hydrogen) atoms. The summed E-state index contributed by atoms with van der Waals surface area (Å²) in [6, 6.07) is 8.01. The lowest BCUT2D eigenvalue weighted by molar-refractivity contribution is -0.137. The van der Waals surface area contributed by atoms with Crippen LogP contribution in [-0.4, -0.2) is 47.9 Å². The maximum atomic E-state index is 13.0. The summed E-state index contributed by atoms with van der Waals surface area (Å²) in [7, 11) is 1.78. The fraction of sp³-hybridized carbons (Fsp3) is 0.350. The van der Waals surface area contributed by atoms with Crippen molar-refractivity contribution in [3.05, 3.63) is 53.9 Å². The van der Waals surface area contributed by atoms with Gasteiger partial charge in [-0.05, 0) is 44.3 Å². The third kappa shape index (κ3) is 4.73. The Bertz CT molecular complexity index is 902. The van der Waals surface area contributed by atoms with E-state index in [2.05, 4.69) is 10.3 Å². The van der Waals surface area contributed by atoms with Crippen LogP contribution in [0.15, 0.2) is 42.6 Å². The van der Waals surface area contributed by atoms with Crippen LogP contribution in [0, 0.1) is 0 Å². The molecule has 1 N–H and O–H groups in total.